The second-order valence-corrected chi connectivity index (χ2v) is 15.3. The van der Waals surface area contributed by atoms with Crippen molar-refractivity contribution in [3.63, 3.8) is 0 Å². The Balaban J connectivity index is 5.98. The third-order valence-corrected chi connectivity index (χ3v) is 9.51. The van der Waals surface area contributed by atoms with Crippen molar-refractivity contribution < 1.29 is 68.4 Å². The lowest BCUT2D eigenvalue weighted by Crippen LogP contribution is -2.61. The number of thiol groups is 2. The molecule has 0 rings (SSSR count). The van der Waals surface area contributed by atoms with E-state index in [0.29, 0.717) is 0 Å². The van der Waals surface area contributed by atoms with E-state index in [1.165, 1.54) is 0 Å². The minimum absolute atomic E-state index is 0.0273. The van der Waals surface area contributed by atoms with Crippen LogP contribution in [0.1, 0.15) is 53.4 Å². The minimum atomic E-state index is -1.70. The van der Waals surface area contributed by atoms with Gasteiger partial charge in [-0.2, -0.15) is 25.3 Å². The Morgan fingerprint density at radius 2 is 1.02 bits per heavy atom. The van der Waals surface area contributed by atoms with E-state index in [2.05, 4.69) is 72.8 Å². The summed E-state index contributed by atoms with van der Waals surface area (Å²) >= 11 is 7.76. The number of aliphatic imine (C=N–C) groups is 1. The molecule has 26 nitrogen and oxygen atoms in total. The molecule has 0 aromatic rings. The lowest BCUT2D eigenvalue weighted by atomic mass is 9.99. The maximum absolute atomic E-state index is 13.7. The number of carbonyl (C=O) groups excluding carboxylic acids is 8. The molecular weight excluding hydrogens is 877 g/mol. The fourth-order valence-electron chi connectivity index (χ4n) is 5.15. The maximum atomic E-state index is 13.7. The molecule has 0 saturated carbocycles. The van der Waals surface area contributed by atoms with Crippen LogP contribution in [0.4, 0.5) is 0 Å². The zero-order chi connectivity index (χ0) is 48.6. The molecule has 8 atom stereocenters. The summed E-state index contributed by atoms with van der Waals surface area (Å²) in [5, 5.41) is 56.1. The lowest BCUT2D eigenvalue weighted by Gasteiger charge is -2.29. The molecule has 0 unspecified atom stereocenters. The minimum Gasteiger partial charge on any atom is -0.481 e. The number of carboxylic acid groups (broad SMARTS) is 2. The summed E-state index contributed by atoms with van der Waals surface area (Å²) in [6, 6.07) is -11.4. The molecule has 358 valence electrons. The van der Waals surface area contributed by atoms with Crippen LogP contribution in [0.5, 0.6) is 0 Å². The van der Waals surface area contributed by atoms with E-state index in [4.69, 9.17) is 22.3 Å². The smallest absolute Gasteiger partial charge is 0.327 e. The van der Waals surface area contributed by atoms with Crippen LogP contribution in [0.2, 0.25) is 0 Å². The van der Waals surface area contributed by atoms with E-state index in [9.17, 15) is 63.3 Å². The second-order valence-electron chi connectivity index (χ2n) is 14.6. The molecule has 63 heavy (non-hydrogen) atoms. The SMILES string of the molecule is CC(C)[C@H](NC(=O)[C@H](CCCN=C(N)N)NC(=O)[C@H](CCC(=O)O)NC(=O)[C@@H](N)CS)C(=O)N[C@H](C(=O)NCC(=O)N[C@@H](CO)C(=O)N[C@@H](CO)C(=O)N[C@@H](CS)C(=O)O)C(C)C. The number of aliphatic hydroxyl groups excluding tert-OH is 2. The summed E-state index contributed by atoms with van der Waals surface area (Å²) in [4.78, 5) is 131. The number of aliphatic carboxylic acids is 2. The average Bonchev–Trinajstić information content (AvgIpc) is 3.21. The van der Waals surface area contributed by atoms with E-state index >= 15 is 0 Å². The van der Waals surface area contributed by atoms with Gasteiger partial charge in [0.25, 0.3) is 0 Å². The van der Waals surface area contributed by atoms with Crippen molar-refractivity contribution in [1.82, 2.24) is 42.5 Å². The van der Waals surface area contributed by atoms with Crippen molar-refractivity contribution in [3.05, 3.63) is 0 Å². The van der Waals surface area contributed by atoms with Crippen molar-refractivity contribution in [2.75, 3.05) is 37.8 Å². The molecule has 18 N–H and O–H groups in total. The van der Waals surface area contributed by atoms with E-state index in [-0.39, 0.29) is 43.3 Å². The maximum Gasteiger partial charge on any atom is 0.327 e. The normalized spacial score (nSPS) is 14.8. The molecule has 0 aromatic carbocycles. The van der Waals surface area contributed by atoms with Crippen LogP contribution in [-0.2, 0) is 47.9 Å². The lowest BCUT2D eigenvalue weighted by molar-refractivity contribution is -0.142. The summed E-state index contributed by atoms with van der Waals surface area (Å²) in [5.74, 6) is -12.2. The Labute approximate surface area is 374 Å². The Morgan fingerprint density at radius 1 is 0.571 bits per heavy atom. The second kappa shape index (κ2) is 29.8. The molecule has 0 heterocycles. The molecule has 0 aliphatic carbocycles. The third kappa shape index (κ3) is 22.0. The molecule has 0 fully saturated rings. The average molecular weight is 939 g/mol. The summed E-state index contributed by atoms with van der Waals surface area (Å²) in [7, 11) is 0. The van der Waals surface area contributed by atoms with Crippen molar-refractivity contribution in [2.24, 2.45) is 34.0 Å². The topological polar surface area (TPSA) is 438 Å². The van der Waals surface area contributed by atoms with Crippen LogP contribution in [0.25, 0.3) is 0 Å². The predicted octanol–water partition coefficient (Wildman–Crippen LogP) is -7.02. The standard InChI is InChI=1S/C35H62N12O14S2/c1-15(2)25(32(58)40-10-23(50)41-20(11-48)30(56)44-21(12-49)31(57)45-22(14-63)34(60)61)47-33(59)26(16(3)4)46-29(55)18(6-5-9-39-35(37)38)43-28(54)19(7-8-24(51)52)42-27(53)17(36)13-62/h15-22,25-26,48-49,62-63H,5-14,36H2,1-4H3,(H,40,58)(H,41,50)(H,42,53)(H,43,54)(H,44,56)(H,45,57)(H,46,55)(H,47,59)(H,51,52)(H,60,61)(H4,37,38,39)/t17-,18-,19-,20-,21-,22-,25-,26-/m0/s1. The highest BCUT2D eigenvalue weighted by Crippen LogP contribution is 2.10. The number of hydrogen-bond acceptors (Lipinski definition) is 16. The van der Waals surface area contributed by atoms with E-state index in [1.807, 2.05) is 0 Å². The van der Waals surface area contributed by atoms with Gasteiger partial charge in [-0.15, -0.1) is 0 Å². The van der Waals surface area contributed by atoms with Gasteiger partial charge < -0.3 is 80.2 Å². The zero-order valence-electron chi connectivity index (χ0n) is 35.3. The van der Waals surface area contributed by atoms with Gasteiger partial charge in [0.05, 0.1) is 25.8 Å². The van der Waals surface area contributed by atoms with Crippen LogP contribution < -0.4 is 59.7 Å². The Hall–Kier alpha value is -5.45. The third-order valence-electron chi connectivity index (χ3n) is 8.76. The molecule has 0 aliphatic heterocycles. The van der Waals surface area contributed by atoms with Gasteiger partial charge in [0.15, 0.2) is 5.96 Å². The highest BCUT2D eigenvalue weighted by molar-refractivity contribution is 7.80. The highest BCUT2D eigenvalue weighted by Gasteiger charge is 2.34. The van der Waals surface area contributed by atoms with Gasteiger partial charge >= 0.3 is 11.9 Å². The van der Waals surface area contributed by atoms with Gasteiger partial charge in [0.2, 0.25) is 47.3 Å². The molecule has 0 saturated heterocycles. The number of guanidine groups is 1. The molecule has 0 spiro atoms. The molecular formula is C35H62N12O14S2. The number of nitrogens with two attached hydrogens (primary N) is 3. The first-order valence-electron chi connectivity index (χ1n) is 19.5. The van der Waals surface area contributed by atoms with Crippen molar-refractivity contribution in [2.45, 2.75) is 102 Å². The van der Waals surface area contributed by atoms with Crippen LogP contribution in [-0.4, -0.2) is 172 Å². The van der Waals surface area contributed by atoms with E-state index in [1.54, 1.807) is 27.7 Å². The van der Waals surface area contributed by atoms with Crippen molar-refractivity contribution >= 4 is 90.4 Å². The summed E-state index contributed by atoms with van der Waals surface area (Å²) in [6.45, 7) is 3.54. The van der Waals surface area contributed by atoms with Crippen LogP contribution in [0.15, 0.2) is 4.99 Å². The first kappa shape index (κ1) is 57.5. The van der Waals surface area contributed by atoms with Gasteiger partial charge in [0.1, 0.15) is 42.3 Å². The molecule has 8 amide bonds. The highest BCUT2D eigenvalue weighted by atomic mass is 32.1. The molecule has 0 bridgehead atoms. The zero-order valence-corrected chi connectivity index (χ0v) is 37.1. The number of nitrogens with one attached hydrogen (secondary N) is 8. The van der Waals surface area contributed by atoms with Gasteiger partial charge in [0, 0.05) is 24.5 Å². The Bertz CT molecular complexity index is 1640. The van der Waals surface area contributed by atoms with Gasteiger partial charge in [-0.05, 0) is 31.1 Å². The first-order chi connectivity index (χ1) is 29.4. The molecule has 0 aliphatic rings. The van der Waals surface area contributed by atoms with Crippen LogP contribution >= 0.6 is 25.3 Å². The summed E-state index contributed by atoms with van der Waals surface area (Å²) in [5.41, 5.74) is 16.5. The molecule has 28 heteroatoms. The quantitative estimate of drug-likeness (QED) is 0.0138. The Kier molecular flexibility index (Phi) is 27.2. The van der Waals surface area contributed by atoms with Crippen molar-refractivity contribution in [1.29, 1.82) is 0 Å². The predicted molar refractivity (Wildman–Crippen MR) is 230 cm³/mol. The number of carbonyl (C=O) groups is 10. The largest absolute Gasteiger partial charge is 0.481 e. The fourth-order valence-corrected chi connectivity index (χ4v) is 5.56. The number of aliphatic hydroxyl groups is 2. The number of carboxylic acids is 2. The number of hydrogen-bond donors (Lipinski definition) is 17. The number of amides is 8. The summed E-state index contributed by atoms with van der Waals surface area (Å²) < 4.78 is 0. The van der Waals surface area contributed by atoms with Crippen LogP contribution in [0, 0.1) is 11.8 Å². The van der Waals surface area contributed by atoms with Gasteiger partial charge in [-0.3, -0.25) is 48.1 Å². The van der Waals surface area contributed by atoms with E-state index < -0.39 is 146 Å². The Morgan fingerprint density at radius 3 is 1.49 bits per heavy atom. The first-order valence-corrected chi connectivity index (χ1v) is 20.8. The molecule has 0 radical (unpaired) electrons. The van der Waals surface area contributed by atoms with E-state index in [0.717, 1.165) is 0 Å². The monoisotopic (exact) mass is 938 g/mol. The van der Waals surface area contributed by atoms with Gasteiger partial charge in [-0.25, -0.2) is 4.79 Å². The van der Waals surface area contributed by atoms with Crippen LogP contribution in [0.3, 0.4) is 0 Å². The van der Waals surface area contributed by atoms with Crippen molar-refractivity contribution in [3.8, 4) is 0 Å². The van der Waals surface area contributed by atoms with Gasteiger partial charge in [-0.1, -0.05) is 27.7 Å². The number of nitrogens with zero attached hydrogens (tertiary/aromatic N) is 1. The number of rotatable bonds is 30. The molecule has 0 aromatic heterocycles. The summed E-state index contributed by atoms with van der Waals surface area (Å²) in [6.07, 6.45) is -0.881. The fraction of sp³-hybridized carbons (Fsp3) is 0.686.